The molecule has 9 heteroatoms. The summed E-state index contributed by atoms with van der Waals surface area (Å²) >= 11 is 5.83. The van der Waals surface area contributed by atoms with Gasteiger partial charge in [-0.3, -0.25) is 9.10 Å². The summed E-state index contributed by atoms with van der Waals surface area (Å²) in [5, 5.41) is 3.23. The molecule has 0 aromatic heterocycles. The number of halogens is 1. The molecule has 7 nitrogen and oxygen atoms in total. The Morgan fingerprint density at radius 1 is 1.00 bits per heavy atom. The second kappa shape index (κ2) is 10.5. The molecule has 0 aliphatic carbocycles. The first-order valence-corrected chi connectivity index (χ1v) is 11.8. The molecule has 0 aliphatic rings. The van der Waals surface area contributed by atoms with Gasteiger partial charge in [0, 0.05) is 18.6 Å². The third kappa shape index (κ3) is 6.34. The van der Waals surface area contributed by atoms with Crippen molar-refractivity contribution in [1.29, 1.82) is 0 Å². The van der Waals surface area contributed by atoms with E-state index in [1.165, 1.54) is 31.3 Å². The molecule has 0 saturated heterocycles. The molecule has 0 radical (unpaired) electrons. The number of sulfonamides is 1. The van der Waals surface area contributed by atoms with Crippen LogP contribution in [0.25, 0.3) is 0 Å². The van der Waals surface area contributed by atoms with E-state index in [1.54, 1.807) is 36.4 Å². The van der Waals surface area contributed by atoms with Gasteiger partial charge in [0.05, 0.1) is 16.1 Å². The fourth-order valence-corrected chi connectivity index (χ4v) is 4.27. The summed E-state index contributed by atoms with van der Waals surface area (Å²) in [6.45, 7) is 1.67. The van der Waals surface area contributed by atoms with Gasteiger partial charge >= 0.3 is 5.97 Å². The standard InChI is InChI=1S/C24H23ClN2O5S/c1-17-6-12-21(13-7-17)27(2)33(30,31)22-5-3-4-19(14-22)24(29)32-16-23(28)26-15-18-8-10-20(25)11-9-18/h3-14H,15-16H2,1-2H3,(H,26,28). The zero-order chi connectivity index (χ0) is 24.0. The van der Waals surface area contributed by atoms with E-state index in [0.29, 0.717) is 10.7 Å². The highest BCUT2D eigenvalue weighted by Crippen LogP contribution is 2.23. The number of benzene rings is 3. The summed E-state index contributed by atoms with van der Waals surface area (Å²) in [5.41, 5.74) is 2.37. The molecule has 3 rings (SSSR count). The van der Waals surface area contributed by atoms with Gasteiger partial charge < -0.3 is 10.1 Å². The van der Waals surface area contributed by atoms with Crippen LogP contribution in [0.1, 0.15) is 21.5 Å². The molecule has 0 unspecified atom stereocenters. The van der Waals surface area contributed by atoms with E-state index in [2.05, 4.69) is 5.32 Å². The Labute approximate surface area is 198 Å². The first kappa shape index (κ1) is 24.3. The quantitative estimate of drug-likeness (QED) is 0.487. The molecule has 0 heterocycles. The van der Waals surface area contributed by atoms with E-state index in [-0.39, 0.29) is 17.0 Å². The molecular weight excluding hydrogens is 464 g/mol. The highest BCUT2D eigenvalue weighted by atomic mass is 35.5. The van der Waals surface area contributed by atoms with Crippen molar-refractivity contribution in [2.75, 3.05) is 18.0 Å². The Balaban J connectivity index is 1.62. The van der Waals surface area contributed by atoms with Crippen LogP contribution >= 0.6 is 11.6 Å². The maximum atomic E-state index is 13.0. The fourth-order valence-electron chi connectivity index (χ4n) is 2.90. The zero-order valence-corrected chi connectivity index (χ0v) is 19.7. The van der Waals surface area contributed by atoms with Crippen molar-refractivity contribution in [2.24, 2.45) is 0 Å². The summed E-state index contributed by atoms with van der Waals surface area (Å²) in [7, 11) is -2.46. The van der Waals surface area contributed by atoms with Crippen LogP contribution in [0, 0.1) is 6.92 Å². The van der Waals surface area contributed by atoms with Crippen LogP contribution in [-0.4, -0.2) is 33.9 Å². The molecule has 3 aromatic carbocycles. The minimum absolute atomic E-state index is 0.0267. The summed E-state index contributed by atoms with van der Waals surface area (Å²) in [6.07, 6.45) is 0. The van der Waals surface area contributed by atoms with E-state index in [0.717, 1.165) is 15.4 Å². The molecule has 0 saturated carbocycles. The van der Waals surface area contributed by atoms with E-state index in [4.69, 9.17) is 16.3 Å². The van der Waals surface area contributed by atoms with Crippen molar-refractivity contribution in [3.8, 4) is 0 Å². The number of anilines is 1. The van der Waals surface area contributed by atoms with Crippen LogP contribution in [0.2, 0.25) is 5.02 Å². The maximum absolute atomic E-state index is 13.0. The summed E-state index contributed by atoms with van der Waals surface area (Å²) in [5.74, 6) is -1.28. The Bertz CT molecular complexity index is 1240. The number of ether oxygens (including phenoxy) is 1. The number of hydrogen-bond donors (Lipinski definition) is 1. The summed E-state index contributed by atoms with van der Waals surface area (Å²) in [6, 6.07) is 19.5. The van der Waals surface area contributed by atoms with Crippen LogP contribution in [-0.2, 0) is 26.1 Å². The SMILES string of the molecule is Cc1ccc(N(C)S(=O)(=O)c2cccc(C(=O)OCC(=O)NCc3ccc(Cl)cc3)c2)cc1. The lowest BCUT2D eigenvalue weighted by Crippen LogP contribution is -2.28. The number of nitrogens with zero attached hydrogens (tertiary/aromatic N) is 1. The predicted octanol–water partition coefficient (Wildman–Crippen LogP) is 3.95. The highest BCUT2D eigenvalue weighted by Gasteiger charge is 2.23. The predicted molar refractivity (Wildman–Crippen MR) is 127 cm³/mol. The molecule has 172 valence electrons. The molecule has 0 spiro atoms. The van der Waals surface area contributed by atoms with Gasteiger partial charge in [-0.15, -0.1) is 0 Å². The number of carbonyl (C=O) groups is 2. The zero-order valence-electron chi connectivity index (χ0n) is 18.1. The number of esters is 1. The van der Waals surface area contributed by atoms with Crippen LogP contribution in [0.15, 0.2) is 77.7 Å². The lowest BCUT2D eigenvalue weighted by molar-refractivity contribution is -0.124. The van der Waals surface area contributed by atoms with Crippen molar-refractivity contribution >= 4 is 39.2 Å². The number of nitrogens with one attached hydrogen (secondary N) is 1. The highest BCUT2D eigenvalue weighted by molar-refractivity contribution is 7.92. The molecule has 0 bridgehead atoms. The number of amides is 1. The van der Waals surface area contributed by atoms with Gasteiger partial charge in [0.2, 0.25) is 0 Å². The Kier molecular flexibility index (Phi) is 7.73. The molecular formula is C24H23ClN2O5S. The lowest BCUT2D eigenvalue weighted by atomic mass is 10.2. The first-order chi connectivity index (χ1) is 15.7. The van der Waals surface area contributed by atoms with Crippen LogP contribution in [0.5, 0.6) is 0 Å². The monoisotopic (exact) mass is 486 g/mol. The Morgan fingerprint density at radius 3 is 2.33 bits per heavy atom. The fraction of sp³-hybridized carbons (Fsp3) is 0.167. The van der Waals surface area contributed by atoms with Crippen LogP contribution in [0.3, 0.4) is 0 Å². The molecule has 0 fully saturated rings. The summed E-state index contributed by atoms with van der Waals surface area (Å²) in [4.78, 5) is 24.3. The average molecular weight is 487 g/mol. The molecule has 3 aromatic rings. The van der Waals surface area contributed by atoms with Gasteiger partial charge in [-0.25, -0.2) is 13.2 Å². The van der Waals surface area contributed by atoms with Crippen molar-refractivity contribution in [1.82, 2.24) is 5.32 Å². The van der Waals surface area contributed by atoms with E-state index in [9.17, 15) is 18.0 Å². The molecule has 1 amide bonds. The van der Waals surface area contributed by atoms with Gasteiger partial charge in [-0.2, -0.15) is 0 Å². The van der Waals surface area contributed by atoms with Crippen molar-refractivity contribution in [2.45, 2.75) is 18.4 Å². The van der Waals surface area contributed by atoms with E-state index < -0.39 is 28.5 Å². The molecule has 0 aliphatic heterocycles. The minimum atomic E-state index is -3.90. The average Bonchev–Trinajstić information content (AvgIpc) is 2.82. The van der Waals surface area contributed by atoms with Gasteiger partial charge in [0.25, 0.3) is 15.9 Å². The number of hydrogen-bond acceptors (Lipinski definition) is 5. The second-order valence-electron chi connectivity index (χ2n) is 7.32. The van der Waals surface area contributed by atoms with Gasteiger partial charge in [-0.05, 0) is 55.0 Å². The van der Waals surface area contributed by atoms with Crippen LogP contribution in [0.4, 0.5) is 5.69 Å². The third-order valence-electron chi connectivity index (χ3n) is 4.86. The van der Waals surface area contributed by atoms with Crippen molar-refractivity contribution in [3.63, 3.8) is 0 Å². The first-order valence-electron chi connectivity index (χ1n) is 10.0. The second-order valence-corrected chi connectivity index (χ2v) is 9.72. The molecule has 1 N–H and O–H groups in total. The largest absolute Gasteiger partial charge is 0.452 e. The van der Waals surface area contributed by atoms with Gasteiger partial charge in [0.1, 0.15) is 0 Å². The minimum Gasteiger partial charge on any atom is -0.452 e. The van der Waals surface area contributed by atoms with E-state index in [1.807, 2.05) is 19.1 Å². The maximum Gasteiger partial charge on any atom is 0.338 e. The smallest absolute Gasteiger partial charge is 0.338 e. The van der Waals surface area contributed by atoms with E-state index >= 15 is 0 Å². The number of carbonyl (C=O) groups excluding carboxylic acids is 2. The van der Waals surface area contributed by atoms with Gasteiger partial charge in [0.15, 0.2) is 6.61 Å². The van der Waals surface area contributed by atoms with Crippen molar-refractivity contribution < 1.29 is 22.7 Å². The molecule has 33 heavy (non-hydrogen) atoms. The van der Waals surface area contributed by atoms with Crippen molar-refractivity contribution in [3.05, 3.63) is 94.5 Å². The molecule has 0 atom stereocenters. The number of rotatable bonds is 8. The Morgan fingerprint density at radius 2 is 1.67 bits per heavy atom. The lowest BCUT2D eigenvalue weighted by Gasteiger charge is -2.20. The van der Waals surface area contributed by atoms with Gasteiger partial charge in [-0.1, -0.05) is 47.5 Å². The Hall–Kier alpha value is -3.36. The number of aryl methyl sites for hydroxylation is 1. The third-order valence-corrected chi connectivity index (χ3v) is 6.90. The van der Waals surface area contributed by atoms with Crippen LogP contribution < -0.4 is 9.62 Å². The topological polar surface area (TPSA) is 92.8 Å². The summed E-state index contributed by atoms with van der Waals surface area (Å²) < 4.78 is 32.2. The normalized spacial score (nSPS) is 11.0.